The van der Waals surface area contributed by atoms with Crippen molar-refractivity contribution >= 4 is 0 Å². The lowest BCUT2D eigenvalue weighted by atomic mass is 10.2. The number of aromatic nitrogens is 3. The predicted octanol–water partition coefficient (Wildman–Crippen LogP) is 0.932. The van der Waals surface area contributed by atoms with E-state index in [9.17, 15) is 0 Å². The lowest BCUT2D eigenvalue weighted by Gasteiger charge is -1.93. The maximum atomic E-state index is 8.74. The van der Waals surface area contributed by atoms with Crippen LogP contribution in [-0.4, -0.2) is 20.2 Å². The topological polar surface area (TPSA) is 72.0 Å². The summed E-state index contributed by atoms with van der Waals surface area (Å²) in [6.07, 6.45) is 1.68. The van der Waals surface area contributed by atoms with E-state index in [1.165, 1.54) is 0 Å². The molecule has 0 radical (unpaired) electrons. The van der Waals surface area contributed by atoms with Gasteiger partial charge in [-0.25, -0.2) is 0 Å². The van der Waals surface area contributed by atoms with Crippen LogP contribution in [0.15, 0.2) is 22.9 Å². The van der Waals surface area contributed by atoms with Crippen LogP contribution in [0.4, 0.5) is 0 Å². The molecular formula is C9H9N3O2. The van der Waals surface area contributed by atoms with E-state index in [2.05, 4.69) is 15.1 Å². The normalized spacial score (nSPS) is 10.4. The minimum atomic E-state index is -0.251. The van der Waals surface area contributed by atoms with Crippen LogP contribution in [0.2, 0.25) is 0 Å². The molecular weight excluding hydrogens is 182 g/mol. The first-order chi connectivity index (χ1) is 6.79. The Bertz CT molecular complexity index is 439. The van der Waals surface area contributed by atoms with E-state index >= 15 is 0 Å². The van der Waals surface area contributed by atoms with Crippen molar-refractivity contribution in [3.63, 3.8) is 0 Å². The Balaban J connectivity index is 2.39. The number of hydrogen-bond donors (Lipinski definition) is 1. The first-order valence-electron chi connectivity index (χ1n) is 4.16. The highest BCUT2D eigenvalue weighted by molar-refractivity contribution is 5.48. The highest BCUT2D eigenvalue weighted by Crippen LogP contribution is 2.13. The number of hydrogen-bond acceptors (Lipinski definition) is 5. The van der Waals surface area contributed by atoms with Gasteiger partial charge in [0.2, 0.25) is 5.82 Å². The fourth-order valence-corrected chi connectivity index (χ4v) is 1.08. The fourth-order valence-electron chi connectivity index (χ4n) is 1.08. The van der Waals surface area contributed by atoms with Gasteiger partial charge in [-0.15, -0.1) is 0 Å². The van der Waals surface area contributed by atoms with E-state index in [1.807, 2.05) is 19.1 Å². The predicted molar refractivity (Wildman–Crippen MR) is 48.2 cm³/mol. The van der Waals surface area contributed by atoms with Gasteiger partial charge in [0, 0.05) is 6.20 Å². The summed E-state index contributed by atoms with van der Waals surface area (Å²) in [5, 5.41) is 12.4. The van der Waals surface area contributed by atoms with E-state index in [4.69, 9.17) is 9.63 Å². The summed E-state index contributed by atoms with van der Waals surface area (Å²) >= 11 is 0. The molecule has 72 valence electrons. The molecule has 0 aliphatic rings. The summed E-state index contributed by atoms with van der Waals surface area (Å²) in [7, 11) is 0. The molecule has 2 rings (SSSR count). The van der Waals surface area contributed by atoms with Crippen LogP contribution in [0, 0.1) is 6.92 Å². The summed E-state index contributed by atoms with van der Waals surface area (Å²) in [5.41, 5.74) is 1.72. The van der Waals surface area contributed by atoms with Crippen molar-refractivity contribution in [3.05, 3.63) is 29.8 Å². The number of pyridine rings is 1. The van der Waals surface area contributed by atoms with Crippen LogP contribution < -0.4 is 0 Å². The minimum Gasteiger partial charge on any atom is -0.387 e. The van der Waals surface area contributed by atoms with Crippen LogP contribution >= 0.6 is 0 Å². The molecule has 14 heavy (non-hydrogen) atoms. The minimum absolute atomic E-state index is 0.198. The van der Waals surface area contributed by atoms with Crippen LogP contribution in [0.25, 0.3) is 11.5 Å². The van der Waals surface area contributed by atoms with Crippen molar-refractivity contribution in [2.24, 2.45) is 0 Å². The zero-order valence-corrected chi connectivity index (χ0v) is 7.64. The molecule has 0 aliphatic heterocycles. The molecule has 0 saturated carbocycles. The van der Waals surface area contributed by atoms with E-state index in [0.717, 1.165) is 5.56 Å². The van der Waals surface area contributed by atoms with Gasteiger partial charge >= 0.3 is 0 Å². The van der Waals surface area contributed by atoms with Crippen molar-refractivity contribution in [1.82, 2.24) is 15.1 Å². The van der Waals surface area contributed by atoms with Gasteiger partial charge < -0.3 is 9.63 Å². The second kappa shape index (κ2) is 3.55. The Morgan fingerprint density at radius 2 is 2.36 bits per heavy atom. The van der Waals surface area contributed by atoms with E-state index in [1.54, 1.807) is 6.20 Å². The molecule has 0 aromatic carbocycles. The van der Waals surface area contributed by atoms with Gasteiger partial charge in [0.15, 0.2) is 0 Å². The lowest BCUT2D eigenvalue weighted by Crippen LogP contribution is -1.87. The van der Waals surface area contributed by atoms with Crippen molar-refractivity contribution in [2.45, 2.75) is 13.5 Å². The van der Waals surface area contributed by atoms with Gasteiger partial charge in [-0.05, 0) is 24.6 Å². The first kappa shape index (κ1) is 8.83. The van der Waals surface area contributed by atoms with Gasteiger partial charge in [-0.1, -0.05) is 5.16 Å². The Morgan fingerprint density at radius 3 is 3.00 bits per heavy atom. The lowest BCUT2D eigenvalue weighted by molar-refractivity contribution is 0.222. The van der Waals surface area contributed by atoms with Gasteiger partial charge in [-0.3, -0.25) is 4.98 Å². The van der Waals surface area contributed by atoms with Gasteiger partial charge in [0.1, 0.15) is 12.3 Å². The average molecular weight is 191 g/mol. The molecule has 0 unspecified atom stereocenters. The summed E-state index contributed by atoms with van der Waals surface area (Å²) in [6.45, 7) is 1.71. The molecule has 0 amide bonds. The second-order valence-corrected chi connectivity index (χ2v) is 2.89. The summed E-state index contributed by atoms with van der Waals surface area (Å²) < 4.78 is 4.76. The average Bonchev–Trinajstić information content (AvgIpc) is 2.66. The largest absolute Gasteiger partial charge is 0.387 e. The number of aryl methyl sites for hydroxylation is 1. The SMILES string of the molecule is Cc1ccnc(-c2noc(CO)n2)c1. The van der Waals surface area contributed by atoms with Crippen LogP contribution in [0.5, 0.6) is 0 Å². The zero-order chi connectivity index (χ0) is 9.97. The zero-order valence-electron chi connectivity index (χ0n) is 7.64. The summed E-state index contributed by atoms with van der Waals surface area (Å²) in [6, 6.07) is 3.74. The van der Waals surface area contributed by atoms with Crippen LogP contribution in [0.3, 0.4) is 0 Å². The number of rotatable bonds is 2. The van der Waals surface area contributed by atoms with E-state index in [-0.39, 0.29) is 12.5 Å². The van der Waals surface area contributed by atoms with Crippen molar-refractivity contribution < 1.29 is 9.63 Å². The highest BCUT2D eigenvalue weighted by Gasteiger charge is 2.08. The Hall–Kier alpha value is -1.75. The fraction of sp³-hybridized carbons (Fsp3) is 0.222. The molecule has 2 aromatic heterocycles. The van der Waals surface area contributed by atoms with E-state index < -0.39 is 0 Å². The number of aliphatic hydroxyl groups excluding tert-OH is 1. The molecule has 5 heteroatoms. The Labute approximate surface area is 80.4 Å². The number of aliphatic hydroxyl groups is 1. The van der Waals surface area contributed by atoms with Crippen molar-refractivity contribution in [3.8, 4) is 11.5 Å². The molecule has 0 saturated heterocycles. The third kappa shape index (κ3) is 1.62. The maximum Gasteiger partial charge on any atom is 0.252 e. The maximum absolute atomic E-state index is 8.74. The van der Waals surface area contributed by atoms with Crippen LogP contribution in [-0.2, 0) is 6.61 Å². The quantitative estimate of drug-likeness (QED) is 0.764. The Kier molecular flexibility index (Phi) is 2.24. The molecule has 0 aliphatic carbocycles. The monoisotopic (exact) mass is 191 g/mol. The molecule has 2 aromatic rings. The third-order valence-electron chi connectivity index (χ3n) is 1.75. The molecule has 5 nitrogen and oxygen atoms in total. The Morgan fingerprint density at radius 1 is 1.50 bits per heavy atom. The van der Waals surface area contributed by atoms with Gasteiger partial charge in [0.05, 0.1) is 0 Å². The molecule has 0 bridgehead atoms. The van der Waals surface area contributed by atoms with Crippen molar-refractivity contribution in [1.29, 1.82) is 0 Å². The summed E-state index contributed by atoms with van der Waals surface area (Å²) in [5.74, 6) is 0.598. The van der Waals surface area contributed by atoms with Gasteiger partial charge in [-0.2, -0.15) is 4.98 Å². The van der Waals surface area contributed by atoms with E-state index in [0.29, 0.717) is 11.5 Å². The van der Waals surface area contributed by atoms with Crippen molar-refractivity contribution in [2.75, 3.05) is 0 Å². The molecule has 2 heterocycles. The number of nitrogens with zero attached hydrogens (tertiary/aromatic N) is 3. The summed E-state index contributed by atoms with van der Waals surface area (Å²) in [4.78, 5) is 8.04. The highest BCUT2D eigenvalue weighted by atomic mass is 16.5. The molecule has 0 spiro atoms. The molecule has 1 N–H and O–H groups in total. The van der Waals surface area contributed by atoms with Gasteiger partial charge in [0.25, 0.3) is 5.89 Å². The van der Waals surface area contributed by atoms with Crippen LogP contribution in [0.1, 0.15) is 11.5 Å². The molecule has 0 atom stereocenters. The standard InChI is InChI=1S/C9H9N3O2/c1-6-2-3-10-7(4-6)9-11-8(5-13)14-12-9/h2-4,13H,5H2,1H3. The molecule has 0 fully saturated rings. The first-order valence-corrected chi connectivity index (χ1v) is 4.16. The smallest absolute Gasteiger partial charge is 0.252 e. The second-order valence-electron chi connectivity index (χ2n) is 2.89. The third-order valence-corrected chi connectivity index (χ3v) is 1.75.